The van der Waals surface area contributed by atoms with Gasteiger partial charge in [-0.2, -0.15) is 0 Å². The second-order valence-corrected chi connectivity index (χ2v) is 4.30. The number of aromatic nitrogens is 1. The molecule has 3 rings (SSSR count). The molecule has 0 amide bonds. The van der Waals surface area contributed by atoms with E-state index < -0.39 is 0 Å². The van der Waals surface area contributed by atoms with E-state index in [4.69, 9.17) is 0 Å². The second kappa shape index (κ2) is 3.58. The van der Waals surface area contributed by atoms with Gasteiger partial charge in [0.05, 0.1) is 0 Å². The number of H-pyrrole nitrogens is 1. The third-order valence-electron chi connectivity index (χ3n) is 3.23. The molecule has 0 unspecified atom stereocenters. The first kappa shape index (κ1) is 8.78. The molecule has 1 N–H and O–H groups in total. The molecule has 1 aromatic heterocycles. The van der Waals surface area contributed by atoms with Crippen LogP contribution < -0.4 is 0 Å². The lowest BCUT2D eigenvalue weighted by Gasteiger charge is -1.95. The third kappa shape index (κ3) is 1.58. The molecule has 1 nitrogen and oxygen atoms in total. The number of hydrogen-bond acceptors (Lipinski definition) is 0. The van der Waals surface area contributed by atoms with Crippen LogP contribution in [0.5, 0.6) is 0 Å². The third-order valence-corrected chi connectivity index (χ3v) is 3.23. The molecule has 0 atom stereocenters. The van der Waals surface area contributed by atoms with Gasteiger partial charge in [0.15, 0.2) is 0 Å². The summed E-state index contributed by atoms with van der Waals surface area (Å²) in [7, 11) is 0. The van der Waals surface area contributed by atoms with Gasteiger partial charge < -0.3 is 4.98 Å². The van der Waals surface area contributed by atoms with Gasteiger partial charge in [0.1, 0.15) is 0 Å². The number of benzene rings is 1. The summed E-state index contributed by atoms with van der Waals surface area (Å²) in [6.07, 6.45) is 9.81. The zero-order valence-corrected chi connectivity index (χ0v) is 8.79. The average Bonchev–Trinajstić information content (AvgIpc) is 2.89. The number of para-hydroxylation sites is 1. The van der Waals surface area contributed by atoms with Gasteiger partial charge in [-0.15, -0.1) is 0 Å². The summed E-state index contributed by atoms with van der Waals surface area (Å²) in [5, 5.41) is 1.34. The van der Waals surface area contributed by atoms with Crippen molar-refractivity contribution in [3.63, 3.8) is 0 Å². The maximum Gasteiger partial charge on any atom is 0.0460 e. The van der Waals surface area contributed by atoms with E-state index in [1.165, 1.54) is 42.1 Å². The van der Waals surface area contributed by atoms with Crippen molar-refractivity contribution in [3.05, 3.63) is 41.6 Å². The Morgan fingerprint density at radius 1 is 1.07 bits per heavy atom. The van der Waals surface area contributed by atoms with Crippen LogP contribution in [-0.2, 0) is 0 Å². The normalized spacial score (nSPS) is 16.1. The van der Waals surface area contributed by atoms with Gasteiger partial charge >= 0.3 is 0 Å². The van der Waals surface area contributed by atoms with Crippen LogP contribution >= 0.6 is 0 Å². The molecule has 0 saturated heterocycles. The van der Waals surface area contributed by atoms with Gasteiger partial charge in [-0.05, 0) is 37.3 Å². The lowest BCUT2D eigenvalue weighted by atomic mass is 10.1. The van der Waals surface area contributed by atoms with E-state index in [2.05, 4.69) is 41.5 Å². The Labute approximate surface area is 89.8 Å². The smallest absolute Gasteiger partial charge is 0.0460 e. The number of rotatable bonds is 1. The van der Waals surface area contributed by atoms with Crippen LogP contribution in [0, 0.1) is 0 Å². The molecule has 76 valence electrons. The number of allylic oxidation sites excluding steroid dienone is 1. The zero-order valence-electron chi connectivity index (χ0n) is 8.79. The van der Waals surface area contributed by atoms with Crippen LogP contribution in [-0.4, -0.2) is 4.98 Å². The molecule has 1 fully saturated rings. The summed E-state index contributed by atoms with van der Waals surface area (Å²) in [5.41, 5.74) is 4.20. The van der Waals surface area contributed by atoms with Crippen LogP contribution in [0.15, 0.2) is 36.0 Å². The maximum atomic E-state index is 3.32. The first-order chi connectivity index (χ1) is 7.43. The zero-order chi connectivity index (χ0) is 10.1. The fourth-order valence-electron chi connectivity index (χ4n) is 2.41. The van der Waals surface area contributed by atoms with Crippen LogP contribution in [0.2, 0.25) is 0 Å². The topological polar surface area (TPSA) is 15.8 Å². The van der Waals surface area contributed by atoms with Crippen LogP contribution in [0.1, 0.15) is 31.2 Å². The Morgan fingerprint density at radius 3 is 2.73 bits per heavy atom. The molecule has 0 radical (unpaired) electrons. The molecule has 1 heteroatoms. The van der Waals surface area contributed by atoms with Gasteiger partial charge in [0.25, 0.3) is 0 Å². The average molecular weight is 197 g/mol. The highest BCUT2D eigenvalue weighted by Crippen LogP contribution is 2.28. The molecule has 1 saturated carbocycles. The molecule has 0 spiro atoms. The molecule has 1 aliphatic carbocycles. The Bertz CT molecular complexity index is 497. The number of nitrogens with one attached hydrogen (secondary N) is 1. The van der Waals surface area contributed by atoms with Crippen molar-refractivity contribution < 1.29 is 0 Å². The Hall–Kier alpha value is -1.50. The number of hydrogen-bond donors (Lipinski definition) is 1. The largest absolute Gasteiger partial charge is 0.361 e. The summed E-state index contributed by atoms with van der Waals surface area (Å²) >= 11 is 0. The Morgan fingerprint density at radius 2 is 1.87 bits per heavy atom. The van der Waals surface area contributed by atoms with Gasteiger partial charge in [-0.25, -0.2) is 0 Å². The predicted molar refractivity (Wildman–Crippen MR) is 64.7 cm³/mol. The van der Waals surface area contributed by atoms with Crippen molar-refractivity contribution >= 4 is 17.0 Å². The SMILES string of the molecule is C(=C1CCCC1)c1c[nH]c2ccccc12. The van der Waals surface area contributed by atoms with E-state index in [0.717, 1.165) is 0 Å². The minimum absolute atomic E-state index is 1.24. The van der Waals surface area contributed by atoms with Gasteiger partial charge in [-0.1, -0.05) is 29.8 Å². The Balaban J connectivity index is 2.07. The highest BCUT2D eigenvalue weighted by atomic mass is 14.7. The summed E-state index contributed by atoms with van der Waals surface area (Å²) < 4.78 is 0. The van der Waals surface area contributed by atoms with Gasteiger partial charge in [0.2, 0.25) is 0 Å². The van der Waals surface area contributed by atoms with Crippen LogP contribution in [0.25, 0.3) is 17.0 Å². The Kier molecular flexibility index (Phi) is 2.09. The van der Waals surface area contributed by atoms with Crippen molar-refractivity contribution in [1.29, 1.82) is 0 Å². The van der Waals surface area contributed by atoms with Crippen molar-refractivity contribution in [2.75, 3.05) is 0 Å². The van der Waals surface area contributed by atoms with E-state index in [1.54, 1.807) is 5.57 Å². The number of aromatic amines is 1. The molecule has 0 bridgehead atoms. The molecular weight excluding hydrogens is 182 g/mol. The van der Waals surface area contributed by atoms with E-state index in [9.17, 15) is 0 Å². The van der Waals surface area contributed by atoms with Crippen LogP contribution in [0.3, 0.4) is 0 Å². The van der Waals surface area contributed by atoms with Crippen molar-refractivity contribution in [3.8, 4) is 0 Å². The predicted octanol–water partition coefficient (Wildman–Crippen LogP) is 4.13. The van der Waals surface area contributed by atoms with Gasteiger partial charge in [0, 0.05) is 17.1 Å². The summed E-state index contributed by atoms with van der Waals surface area (Å²) in [5.74, 6) is 0. The molecule has 1 heterocycles. The highest BCUT2D eigenvalue weighted by molar-refractivity contribution is 5.89. The maximum absolute atomic E-state index is 3.32. The minimum atomic E-state index is 1.24. The fourth-order valence-corrected chi connectivity index (χ4v) is 2.41. The van der Waals surface area contributed by atoms with Crippen molar-refractivity contribution in [2.24, 2.45) is 0 Å². The van der Waals surface area contributed by atoms with Crippen molar-refractivity contribution in [2.45, 2.75) is 25.7 Å². The highest BCUT2D eigenvalue weighted by Gasteiger charge is 2.07. The van der Waals surface area contributed by atoms with Crippen molar-refractivity contribution in [1.82, 2.24) is 4.98 Å². The summed E-state index contributed by atoms with van der Waals surface area (Å²) in [6, 6.07) is 8.50. The number of fused-ring (bicyclic) bond motifs is 1. The summed E-state index contributed by atoms with van der Waals surface area (Å²) in [4.78, 5) is 3.32. The minimum Gasteiger partial charge on any atom is -0.361 e. The van der Waals surface area contributed by atoms with E-state index in [0.29, 0.717) is 0 Å². The molecule has 0 aliphatic heterocycles. The molecule has 15 heavy (non-hydrogen) atoms. The first-order valence-electron chi connectivity index (χ1n) is 5.69. The molecule has 1 aromatic carbocycles. The lowest BCUT2D eigenvalue weighted by molar-refractivity contribution is 0.886. The summed E-state index contributed by atoms with van der Waals surface area (Å²) in [6.45, 7) is 0. The molecule has 2 aromatic rings. The monoisotopic (exact) mass is 197 g/mol. The molecular formula is C14H15N. The van der Waals surface area contributed by atoms with Gasteiger partial charge in [-0.3, -0.25) is 0 Å². The quantitative estimate of drug-likeness (QED) is 0.707. The fraction of sp³-hybridized carbons (Fsp3) is 0.286. The van der Waals surface area contributed by atoms with E-state index in [1.807, 2.05) is 0 Å². The van der Waals surface area contributed by atoms with Crippen LogP contribution in [0.4, 0.5) is 0 Å². The molecule has 1 aliphatic rings. The standard InChI is InChI=1S/C14H15N/c1-2-6-11(5-1)9-12-10-15-14-8-4-3-7-13(12)14/h3-4,7-10,15H,1-2,5-6H2. The lowest BCUT2D eigenvalue weighted by Crippen LogP contribution is -1.73. The van der Waals surface area contributed by atoms with E-state index >= 15 is 0 Å². The second-order valence-electron chi connectivity index (χ2n) is 4.30. The first-order valence-corrected chi connectivity index (χ1v) is 5.69. The van der Waals surface area contributed by atoms with E-state index in [-0.39, 0.29) is 0 Å².